The summed E-state index contributed by atoms with van der Waals surface area (Å²) in [5.74, 6) is 0. The van der Waals surface area contributed by atoms with Crippen LogP contribution in [0, 0.1) is 0 Å². The topological polar surface area (TPSA) is 55.3 Å². The Morgan fingerprint density at radius 1 is 1.47 bits per heavy atom. The third kappa shape index (κ3) is 3.08. The number of nitrogens with two attached hydrogens (primary N) is 1. The van der Waals surface area contributed by atoms with Gasteiger partial charge in [0.15, 0.2) is 0 Å². The summed E-state index contributed by atoms with van der Waals surface area (Å²) in [7, 11) is 1.94. The molecule has 0 atom stereocenters. The number of benzene rings is 1. The van der Waals surface area contributed by atoms with Gasteiger partial charge in [-0.3, -0.25) is 0 Å². The van der Waals surface area contributed by atoms with Crippen molar-refractivity contribution in [1.29, 1.82) is 0 Å². The molecule has 0 aliphatic carbocycles. The second-order valence-corrected chi connectivity index (χ2v) is 4.73. The summed E-state index contributed by atoms with van der Waals surface area (Å²) in [5, 5.41) is 0. The second kappa shape index (κ2) is 5.33. The first-order valence-electron chi connectivity index (χ1n) is 5.29. The molecule has 5 heteroatoms. The lowest BCUT2D eigenvalue weighted by molar-refractivity contribution is 0.544. The van der Waals surface area contributed by atoms with E-state index < -0.39 is 0 Å². The molecule has 1 aromatic heterocycles. The van der Waals surface area contributed by atoms with E-state index in [1.165, 1.54) is 5.56 Å². The van der Waals surface area contributed by atoms with E-state index in [1.54, 1.807) is 6.26 Å². The summed E-state index contributed by atoms with van der Waals surface area (Å²) in [6.07, 6.45) is 1.59. The van der Waals surface area contributed by atoms with Crippen molar-refractivity contribution in [1.82, 2.24) is 4.98 Å². The molecule has 0 saturated carbocycles. The monoisotopic (exact) mass is 295 g/mol. The molecule has 2 aromatic rings. The smallest absolute Gasteiger partial charge is 0.297 e. The highest BCUT2D eigenvalue weighted by Gasteiger charge is 2.08. The molecule has 0 unspecified atom stereocenters. The number of halogens is 1. The highest BCUT2D eigenvalue weighted by atomic mass is 79.9. The molecule has 2 rings (SSSR count). The number of nitrogens with zero attached hydrogens (tertiary/aromatic N) is 2. The number of hydrogen-bond donors (Lipinski definition) is 1. The van der Waals surface area contributed by atoms with Crippen LogP contribution in [0.25, 0.3) is 0 Å². The van der Waals surface area contributed by atoms with Gasteiger partial charge in [-0.25, -0.2) is 0 Å². The standard InChI is InChI=1S/C12H14BrN3O/c1-16(12-15-11(6-14)8-17-12)7-9-3-2-4-10(13)5-9/h2-5,8H,6-7,14H2,1H3. The van der Waals surface area contributed by atoms with Crippen LogP contribution in [-0.2, 0) is 13.1 Å². The predicted molar refractivity (Wildman–Crippen MR) is 70.6 cm³/mol. The fraction of sp³-hybridized carbons (Fsp3) is 0.250. The third-order valence-corrected chi connectivity index (χ3v) is 2.88. The summed E-state index contributed by atoms with van der Waals surface area (Å²) in [6, 6.07) is 8.73. The lowest BCUT2D eigenvalue weighted by Gasteiger charge is -2.14. The number of oxazole rings is 1. The van der Waals surface area contributed by atoms with Gasteiger partial charge in [-0.1, -0.05) is 28.1 Å². The van der Waals surface area contributed by atoms with Gasteiger partial charge in [0, 0.05) is 24.6 Å². The zero-order valence-electron chi connectivity index (χ0n) is 9.56. The van der Waals surface area contributed by atoms with Crippen LogP contribution >= 0.6 is 15.9 Å². The molecular weight excluding hydrogens is 282 g/mol. The molecule has 17 heavy (non-hydrogen) atoms. The number of rotatable bonds is 4. The SMILES string of the molecule is CN(Cc1cccc(Br)c1)c1nc(CN)co1. The van der Waals surface area contributed by atoms with E-state index in [0.717, 1.165) is 16.7 Å². The van der Waals surface area contributed by atoms with Crippen LogP contribution < -0.4 is 10.6 Å². The van der Waals surface area contributed by atoms with Gasteiger partial charge in [-0.05, 0) is 17.7 Å². The summed E-state index contributed by atoms with van der Waals surface area (Å²) < 4.78 is 6.41. The average molecular weight is 296 g/mol. The molecule has 1 aromatic carbocycles. The molecule has 0 spiro atoms. The Labute approximate surface area is 109 Å². The first kappa shape index (κ1) is 12.1. The second-order valence-electron chi connectivity index (χ2n) is 3.81. The largest absolute Gasteiger partial charge is 0.432 e. The number of anilines is 1. The molecule has 0 aliphatic rings. The normalized spacial score (nSPS) is 10.5. The van der Waals surface area contributed by atoms with Crippen molar-refractivity contribution in [2.45, 2.75) is 13.1 Å². The maximum Gasteiger partial charge on any atom is 0.297 e. The Morgan fingerprint density at radius 2 is 2.29 bits per heavy atom. The Balaban J connectivity index is 2.08. The quantitative estimate of drug-likeness (QED) is 0.942. The van der Waals surface area contributed by atoms with Crippen molar-refractivity contribution in [3.63, 3.8) is 0 Å². The van der Waals surface area contributed by atoms with Gasteiger partial charge in [0.25, 0.3) is 6.01 Å². The molecule has 0 fully saturated rings. The van der Waals surface area contributed by atoms with Crippen LogP contribution in [0.1, 0.15) is 11.3 Å². The van der Waals surface area contributed by atoms with Gasteiger partial charge in [0.1, 0.15) is 6.26 Å². The molecule has 0 aliphatic heterocycles. The van der Waals surface area contributed by atoms with E-state index in [9.17, 15) is 0 Å². The Kier molecular flexibility index (Phi) is 3.81. The molecule has 0 radical (unpaired) electrons. The molecule has 90 valence electrons. The van der Waals surface area contributed by atoms with E-state index in [0.29, 0.717) is 12.6 Å². The summed E-state index contributed by atoms with van der Waals surface area (Å²) in [4.78, 5) is 6.22. The van der Waals surface area contributed by atoms with Crippen LogP contribution in [0.5, 0.6) is 0 Å². The van der Waals surface area contributed by atoms with Crippen molar-refractivity contribution < 1.29 is 4.42 Å². The van der Waals surface area contributed by atoms with Crippen LogP contribution in [0.15, 0.2) is 39.4 Å². The van der Waals surface area contributed by atoms with E-state index in [-0.39, 0.29) is 0 Å². The first-order chi connectivity index (χ1) is 8.19. The minimum absolute atomic E-state index is 0.397. The molecular formula is C12H14BrN3O. The van der Waals surface area contributed by atoms with Crippen molar-refractivity contribution in [2.75, 3.05) is 11.9 Å². The van der Waals surface area contributed by atoms with Gasteiger partial charge in [-0.15, -0.1) is 0 Å². The highest BCUT2D eigenvalue weighted by Crippen LogP contribution is 2.17. The predicted octanol–water partition coefficient (Wildman–Crippen LogP) is 2.53. The molecule has 0 amide bonds. The van der Waals surface area contributed by atoms with Gasteiger partial charge in [-0.2, -0.15) is 4.98 Å². The molecule has 4 nitrogen and oxygen atoms in total. The van der Waals surface area contributed by atoms with Crippen molar-refractivity contribution in [3.05, 3.63) is 46.3 Å². The maximum atomic E-state index is 5.49. The van der Waals surface area contributed by atoms with Crippen LogP contribution in [-0.4, -0.2) is 12.0 Å². The van der Waals surface area contributed by atoms with Crippen LogP contribution in [0.2, 0.25) is 0 Å². The van der Waals surface area contributed by atoms with Crippen LogP contribution in [0.4, 0.5) is 6.01 Å². The van der Waals surface area contributed by atoms with E-state index in [1.807, 2.05) is 24.1 Å². The Hall–Kier alpha value is -1.33. The molecule has 2 N–H and O–H groups in total. The van der Waals surface area contributed by atoms with Gasteiger partial charge >= 0.3 is 0 Å². The number of aromatic nitrogens is 1. The van der Waals surface area contributed by atoms with E-state index in [4.69, 9.17) is 10.2 Å². The van der Waals surface area contributed by atoms with Crippen LogP contribution in [0.3, 0.4) is 0 Å². The summed E-state index contributed by atoms with van der Waals surface area (Å²) >= 11 is 3.45. The first-order valence-corrected chi connectivity index (χ1v) is 6.08. The lowest BCUT2D eigenvalue weighted by Crippen LogP contribution is -2.16. The van der Waals surface area contributed by atoms with Gasteiger partial charge in [0.05, 0.1) is 5.69 Å². The fourth-order valence-electron chi connectivity index (χ4n) is 1.54. The minimum atomic E-state index is 0.397. The van der Waals surface area contributed by atoms with Crippen molar-refractivity contribution in [2.24, 2.45) is 5.73 Å². The molecule has 1 heterocycles. The Bertz CT molecular complexity index is 498. The summed E-state index contributed by atoms with van der Waals surface area (Å²) in [6.45, 7) is 1.14. The lowest BCUT2D eigenvalue weighted by atomic mass is 10.2. The minimum Gasteiger partial charge on any atom is -0.432 e. The summed E-state index contributed by atoms with van der Waals surface area (Å²) in [5.41, 5.74) is 7.44. The maximum absolute atomic E-state index is 5.49. The van der Waals surface area contributed by atoms with Crippen molar-refractivity contribution in [3.8, 4) is 0 Å². The average Bonchev–Trinajstić information content (AvgIpc) is 2.77. The zero-order chi connectivity index (χ0) is 12.3. The van der Waals surface area contributed by atoms with E-state index >= 15 is 0 Å². The fourth-order valence-corrected chi connectivity index (χ4v) is 1.99. The highest BCUT2D eigenvalue weighted by molar-refractivity contribution is 9.10. The molecule has 0 saturated heterocycles. The van der Waals surface area contributed by atoms with Gasteiger partial charge < -0.3 is 15.1 Å². The zero-order valence-corrected chi connectivity index (χ0v) is 11.1. The van der Waals surface area contributed by atoms with Gasteiger partial charge in [0.2, 0.25) is 0 Å². The number of hydrogen-bond acceptors (Lipinski definition) is 4. The third-order valence-electron chi connectivity index (χ3n) is 2.38. The Morgan fingerprint density at radius 3 is 2.94 bits per heavy atom. The van der Waals surface area contributed by atoms with E-state index in [2.05, 4.69) is 33.0 Å². The molecule has 0 bridgehead atoms. The van der Waals surface area contributed by atoms with Crippen molar-refractivity contribution >= 4 is 21.9 Å².